The molecule has 0 aromatic heterocycles. The molecule has 3 aliphatic rings. The van der Waals surface area contributed by atoms with Crippen LogP contribution in [0.5, 0.6) is 0 Å². The highest BCUT2D eigenvalue weighted by molar-refractivity contribution is 5.09. The van der Waals surface area contributed by atoms with Gasteiger partial charge in [0.1, 0.15) is 0 Å². The molecule has 1 saturated heterocycles. The van der Waals surface area contributed by atoms with Gasteiger partial charge in [-0.3, -0.25) is 4.90 Å². The van der Waals surface area contributed by atoms with Gasteiger partial charge in [0, 0.05) is 24.2 Å². The number of rotatable bonds is 5. The van der Waals surface area contributed by atoms with E-state index in [1.807, 2.05) is 0 Å². The van der Waals surface area contributed by atoms with Gasteiger partial charge in [-0.05, 0) is 51.5 Å². The minimum absolute atomic E-state index is 0.412. The molecule has 3 fully saturated rings. The topological polar surface area (TPSA) is 15.3 Å². The van der Waals surface area contributed by atoms with Crippen molar-refractivity contribution in [2.45, 2.75) is 89.1 Å². The Bertz CT molecular complexity index is 317. The van der Waals surface area contributed by atoms with Crippen LogP contribution in [-0.2, 0) is 0 Å². The van der Waals surface area contributed by atoms with Crippen LogP contribution in [0.15, 0.2) is 0 Å². The van der Waals surface area contributed by atoms with Crippen molar-refractivity contribution in [1.29, 1.82) is 0 Å². The fraction of sp³-hybridized carbons (Fsp3) is 1.00. The Morgan fingerprint density at radius 2 is 1.85 bits per heavy atom. The summed E-state index contributed by atoms with van der Waals surface area (Å²) in [5.41, 5.74) is 0.926. The van der Waals surface area contributed by atoms with Crippen LogP contribution >= 0.6 is 0 Å². The van der Waals surface area contributed by atoms with Crippen molar-refractivity contribution in [2.75, 3.05) is 19.6 Å². The summed E-state index contributed by atoms with van der Waals surface area (Å²) >= 11 is 0. The summed E-state index contributed by atoms with van der Waals surface area (Å²) in [6, 6.07) is 0. The molecule has 1 heterocycles. The summed E-state index contributed by atoms with van der Waals surface area (Å²) in [7, 11) is 0. The molecule has 1 unspecified atom stereocenters. The van der Waals surface area contributed by atoms with Gasteiger partial charge in [0.05, 0.1) is 0 Å². The minimum atomic E-state index is 0.412. The largest absolute Gasteiger partial charge is 0.308 e. The van der Waals surface area contributed by atoms with E-state index in [1.54, 1.807) is 0 Å². The number of unbranched alkanes of at least 4 members (excludes halogenated alkanes) is 2. The lowest BCUT2D eigenvalue weighted by molar-refractivity contribution is -0.0214. The van der Waals surface area contributed by atoms with E-state index in [-0.39, 0.29) is 0 Å². The molecule has 0 aromatic carbocycles. The summed E-state index contributed by atoms with van der Waals surface area (Å²) in [4.78, 5) is 2.93. The van der Waals surface area contributed by atoms with Gasteiger partial charge in [-0.15, -0.1) is 0 Å². The molecule has 1 aliphatic heterocycles. The van der Waals surface area contributed by atoms with Crippen molar-refractivity contribution in [1.82, 2.24) is 10.2 Å². The SMILES string of the molecule is CCCCCN1CC(C)(C2CC2)NCC12CCCCC2. The van der Waals surface area contributed by atoms with Gasteiger partial charge >= 0.3 is 0 Å². The predicted octanol–water partition coefficient (Wildman–Crippen LogP) is 3.95. The number of piperazine rings is 1. The van der Waals surface area contributed by atoms with E-state index < -0.39 is 0 Å². The maximum atomic E-state index is 4.00. The van der Waals surface area contributed by atoms with Crippen LogP contribution in [0, 0.1) is 5.92 Å². The van der Waals surface area contributed by atoms with Gasteiger partial charge in [-0.1, -0.05) is 39.0 Å². The molecule has 1 spiro atoms. The summed E-state index contributed by atoms with van der Waals surface area (Å²) < 4.78 is 0. The van der Waals surface area contributed by atoms with Crippen molar-refractivity contribution in [3.8, 4) is 0 Å². The van der Waals surface area contributed by atoms with Crippen LogP contribution in [0.3, 0.4) is 0 Å². The van der Waals surface area contributed by atoms with E-state index in [0.29, 0.717) is 11.1 Å². The third kappa shape index (κ3) is 2.92. The predicted molar refractivity (Wildman–Crippen MR) is 86.0 cm³/mol. The zero-order valence-corrected chi connectivity index (χ0v) is 13.7. The lowest BCUT2D eigenvalue weighted by atomic mass is 9.75. The Labute approximate surface area is 125 Å². The number of hydrogen-bond donors (Lipinski definition) is 1. The van der Waals surface area contributed by atoms with Gasteiger partial charge in [0.2, 0.25) is 0 Å². The number of hydrogen-bond acceptors (Lipinski definition) is 2. The first-order chi connectivity index (χ1) is 9.69. The van der Waals surface area contributed by atoms with Gasteiger partial charge < -0.3 is 5.32 Å². The molecule has 2 saturated carbocycles. The molecule has 1 atom stereocenters. The second kappa shape index (κ2) is 5.96. The molecule has 0 radical (unpaired) electrons. The van der Waals surface area contributed by atoms with Gasteiger partial charge in [-0.25, -0.2) is 0 Å². The average molecular weight is 278 g/mol. The first-order valence-corrected chi connectivity index (χ1v) is 9.19. The van der Waals surface area contributed by atoms with E-state index in [9.17, 15) is 0 Å². The maximum Gasteiger partial charge on any atom is 0.0334 e. The third-order valence-electron chi connectivity index (χ3n) is 6.31. The second-order valence-corrected chi connectivity index (χ2v) is 7.96. The summed E-state index contributed by atoms with van der Waals surface area (Å²) in [5.74, 6) is 0.956. The molecule has 2 nitrogen and oxygen atoms in total. The Balaban J connectivity index is 1.69. The van der Waals surface area contributed by atoms with Gasteiger partial charge in [-0.2, -0.15) is 0 Å². The summed E-state index contributed by atoms with van der Waals surface area (Å²) in [5, 5.41) is 4.00. The van der Waals surface area contributed by atoms with Crippen LogP contribution in [0.2, 0.25) is 0 Å². The van der Waals surface area contributed by atoms with Crippen LogP contribution in [0.25, 0.3) is 0 Å². The monoisotopic (exact) mass is 278 g/mol. The molecule has 2 aliphatic carbocycles. The molecule has 116 valence electrons. The highest BCUT2D eigenvalue weighted by atomic mass is 15.3. The number of nitrogens with one attached hydrogen (secondary N) is 1. The highest BCUT2D eigenvalue weighted by Crippen LogP contribution is 2.45. The van der Waals surface area contributed by atoms with E-state index in [1.165, 1.54) is 83.8 Å². The standard InChI is InChI=1S/C18H34N2/c1-3-4-8-13-20-15-17(2,16-9-10-16)19-14-18(20)11-6-5-7-12-18/h16,19H,3-15H2,1-2H3. The Kier molecular flexibility index (Phi) is 4.42. The quantitative estimate of drug-likeness (QED) is 0.766. The molecular weight excluding hydrogens is 244 g/mol. The average Bonchev–Trinajstić information content (AvgIpc) is 3.30. The molecule has 1 N–H and O–H groups in total. The first kappa shape index (κ1) is 14.8. The van der Waals surface area contributed by atoms with Crippen LogP contribution < -0.4 is 5.32 Å². The normalized spacial score (nSPS) is 34.5. The van der Waals surface area contributed by atoms with Crippen molar-refractivity contribution in [2.24, 2.45) is 5.92 Å². The highest BCUT2D eigenvalue weighted by Gasteiger charge is 2.50. The third-order valence-corrected chi connectivity index (χ3v) is 6.31. The number of nitrogens with zero attached hydrogens (tertiary/aromatic N) is 1. The van der Waals surface area contributed by atoms with Crippen LogP contribution in [0.1, 0.15) is 78.1 Å². The Morgan fingerprint density at radius 1 is 1.10 bits per heavy atom. The molecule has 2 heteroatoms. The zero-order chi connectivity index (χ0) is 14.1. The molecular formula is C18H34N2. The summed E-state index contributed by atoms with van der Waals surface area (Å²) in [6.07, 6.45) is 14.3. The van der Waals surface area contributed by atoms with Crippen molar-refractivity contribution >= 4 is 0 Å². The van der Waals surface area contributed by atoms with Gasteiger partial charge in [0.15, 0.2) is 0 Å². The Morgan fingerprint density at radius 3 is 2.50 bits per heavy atom. The fourth-order valence-corrected chi connectivity index (χ4v) is 4.66. The molecule has 3 rings (SSSR count). The lowest BCUT2D eigenvalue weighted by Gasteiger charge is -2.56. The fourth-order valence-electron chi connectivity index (χ4n) is 4.66. The van der Waals surface area contributed by atoms with Crippen LogP contribution in [0.4, 0.5) is 0 Å². The van der Waals surface area contributed by atoms with Gasteiger partial charge in [0.25, 0.3) is 0 Å². The first-order valence-electron chi connectivity index (χ1n) is 9.19. The van der Waals surface area contributed by atoms with Crippen LogP contribution in [-0.4, -0.2) is 35.6 Å². The van der Waals surface area contributed by atoms with Crippen molar-refractivity contribution < 1.29 is 0 Å². The van der Waals surface area contributed by atoms with E-state index >= 15 is 0 Å². The van der Waals surface area contributed by atoms with E-state index in [4.69, 9.17) is 0 Å². The van der Waals surface area contributed by atoms with E-state index in [2.05, 4.69) is 24.1 Å². The lowest BCUT2D eigenvalue weighted by Crippen LogP contribution is -2.70. The molecule has 20 heavy (non-hydrogen) atoms. The Hall–Kier alpha value is -0.0800. The second-order valence-electron chi connectivity index (χ2n) is 7.96. The minimum Gasteiger partial charge on any atom is -0.308 e. The molecule has 0 amide bonds. The zero-order valence-electron chi connectivity index (χ0n) is 13.7. The summed E-state index contributed by atoms with van der Waals surface area (Å²) in [6.45, 7) is 8.72. The van der Waals surface area contributed by atoms with Crippen molar-refractivity contribution in [3.63, 3.8) is 0 Å². The molecule has 0 bridgehead atoms. The molecule has 0 aromatic rings. The van der Waals surface area contributed by atoms with E-state index in [0.717, 1.165) is 5.92 Å². The smallest absolute Gasteiger partial charge is 0.0334 e. The van der Waals surface area contributed by atoms with Crippen molar-refractivity contribution in [3.05, 3.63) is 0 Å². The maximum absolute atomic E-state index is 4.00.